The number of ether oxygens (including phenoxy) is 5. The second-order valence-corrected chi connectivity index (χ2v) is 13.6. The van der Waals surface area contributed by atoms with Crippen molar-refractivity contribution in [2.45, 2.75) is 90.5 Å². The summed E-state index contributed by atoms with van der Waals surface area (Å²) in [6.45, 7) is 10.2. The summed E-state index contributed by atoms with van der Waals surface area (Å²) in [6, 6.07) is 1.74. The molecular weight excluding hydrogens is 548 g/mol. The molecule has 5 aliphatic rings. The molecule has 0 amide bonds. The van der Waals surface area contributed by atoms with Gasteiger partial charge in [0.1, 0.15) is 23.9 Å². The number of esters is 4. The topological polar surface area (TPSA) is 148 Å². The van der Waals surface area contributed by atoms with Crippen LogP contribution < -0.4 is 0 Å². The molecule has 0 unspecified atom stereocenters. The van der Waals surface area contributed by atoms with Gasteiger partial charge in [-0.05, 0) is 30.4 Å². The first-order chi connectivity index (χ1) is 19.6. The minimum absolute atomic E-state index is 0.0725. The van der Waals surface area contributed by atoms with Gasteiger partial charge in [0.2, 0.25) is 0 Å². The van der Waals surface area contributed by atoms with Crippen LogP contribution in [0.25, 0.3) is 0 Å². The molecule has 0 radical (unpaired) electrons. The number of furan rings is 1. The van der Waals surface area contributed by atoms with Gasteiger partial charge in [0.15, 0.2) is 5.79 Å². The Hall–Kier alpha value is -3.18. The Morgan fingerprint density at radius 3 is 2.33 bits per heavy atom. The van der Waals surface area contributed by atoms with Crippen LogP contribution in [0, 0.1) is 34.0 Å². The maximum absolute atomic E-state index is 13.2. The van der Waals surface area contributed by atoms with E-state index in [2.05, 4.69) is 0 Å². The van der Waals surface area contributed by atoms with E-state index < -0.39 is 87.6 Å². The molecule has 10 atom stereocenters. The van der Waals surface area contributed by atoms with E-state index in [0.717, 1.165) is 0 Å². The minimum Gasteiger partial charge on any atom is -0.472 e. The Labute approximate surface area is 243 Å². The molecule has 228 valence electrons. The summed E-state index contributed by atoms with van der Waals surface area (Å²) in [5.74, 6) is -6.37. The van der Waals surface area contributed by atoms with E-state index in [1.807, 2.05) is 27.7 Å². The van der Waals surface area contributed by atoms with Crippen molar-refractivity contribution in [1.82, 2.24) is 0 Å². The summed E-state index contributed by atoms with van der Waals surface area (Å²) < 4.78 is 35.2. The van der Waals surface area contributed by atoms with Crippen molar-refractivity contribution in [3.05, 3.63) is 35.8 Å². The number of methoxy groups -OCH3 is 1. The van der Waals surface area contributed by atoms with Crippen LogP contribution in [0.15, 0.2) is 34.7 Å². The first kappa shape index (κ1) is 28.9. The van der Waals surface area contributed by atoms with Gasteiger partial charge in [-0.25, -0.2) is 4.79 Å². The molecule has 6 rings (SSSR count). The Morgan fingerprint density at radius 2 is 1.74 bits per heavy atom. The van der Waals surface area contributed by atoms with Crippen molar-refractivity contribution in [3.8, 4) is 0 Å². The van der Waals surface area contributed by atoms with Gasteiger partial charge in [-0.15, -0.1) is 0 Å². The zero-order valence-electron chi connectivity index (χ0n) is 24.9. The average molecular weight is 587 g/mol. The maximum Gasteiger partial charge on any atom is 0.331 e. The highest BCUT2D eigenvalue weighted by atomic mass is 16.7. The standard InChI is InChI=1S/C31H38O11/c1-15(32)39-25-23-26(40-16(2)33)30-18(29(6,31(23,36)42-30)19(27(25,3)4)12-21(34)37-7)8-10-28(5)20(30)13-22(35)41-24(28)17-9-11-38-14-17/h9,11,13-14,18-19,23-26,36H,8,10,12H2,1-7H3/t18-,19+,23-,24+,25-,26+,28+,29-,30+,31+/m0/s1. The number of aliphatic hydroxyl groups is 1. The fourth-order valence-corrected chi connectivity index (χ4v) is 9.79. The first-order valence-corrected chi connectivity index (χ1v) is 14.4. The summed E-state index contributed by atoms with van der Waals surface area (Å²) in [5, 5.41) is 12.8. The minimum atomic E-state index is -2.00. The van der Waals surface area contributed by atoms with Crippen LogP contribution in [0.4, 0.5) is 0 Å². The molecule has 42 heavy (non-hydrogen) atoms. The smallest absolute Gasteiger partial charge is 0.331 e. The van der Waals surface area contributed by atoms with E-state index in [0.29, 0.717) is 24.0 Å². The Kier molecular flexibility index (Phi) is 6.14. The second-order valence-electron chi connectivity index (χ2n) is 13.6. The van der Waals surface area contributed by atoms with E-state index in [9.17, 15) is 24.3 Å². The van der Waals surface area contributed by atoms with E-state index in [-0.39, 0.29) is 6.42 Å². The summed E-state index contributed by atoms with van der Waals surface area (Å²) in [6.07, 6.45) is 2.55. The lowest BCUT2D eigenvalue weighted by Crippen LogP contribution is -2.75. The highest BCUT2D eigenvalue weighted by molar-refractivity contribution is 5.85. The lowest BCUT2D eigenvalue weighted by molar-refractivity contribution is -0.326. The van der Waals surface area contributed by atoms with Gasteiger partial charge in [0.05, 0.1) is 25.6 Å². The molecule has 11 heteroatoms. The lowest BCUT2D eigenvalue weighted by Gasteiger charge is -2.66. The molecule has 4 heterocycles. The maximum atomic E-state index is 13.2. The number of hydrogen-bond donors (Lipinski definition) is 1. The Bertz CT molecular complexity index is 1380. The van der Waals surface area contributed by atoms with Crippen LogP contribution in [-0.2, 0) is 42.9 Å². The molecule has 2 bridgehead atoms. The molecule has 1 aromatic heterocycles. The molecule has 1 spiro atoms. The number of carbonyl (C=O) groups excluding carboxylic acids is 4. The summed E-state index contributed by atoms with van der Waals surface area (Å²) >= 11 is 0. The lowest BCUT2D eigenvalue weighted by atomic mass is 9.37. The SMILES string of the molecule is COC(=O)C[C@@H]1C(C)(C)[C@@H](OC(C)=O)[C@H]2[C@@H](OC(C)=O)[C@@]34O[C@@]2(O)[C@@]1(C)[C@@H]3CC[C@]1(C)C4=CC(=O)O[C@@H]1c1ccoc1. The highest BCUT2D eigenvalue weighted by Gasteiger charge is 2.90. The van der Waals surface area contributed by atoms with Crippen LogP contribution in [0.5, 0.6) is 0 Å². The van der Waals surface area contributed by atoms with Gasteiger partial charge >= 0.3 is 23.9 Å². The summed E-state index contributed by atoms with van der Waals surface area (Å²) in [5.41, 5.74) is -3.08. The molecule has 1 aromatic rings. The van der Waals surface area contributed by atoms with Gasteiger partial charge in [0, 0.05) is 54.1 Å². The molecule has 2 aliphatic carbocycles. The molecule has 11 nitrogen and oxygen atoms in total. The van der Waals surface area contributed by atoms with E-state index in [4.69, 9.17) is 28.1 Å². The van der Waals surface area contributed by atoms with Crippen molar-refractivity contribution in [2.75, 3.05) is 7.11 Å². The van der Waals surface area contributed by atoms with Crippen molar-refractivity contribution in [3.63, 3.8) is 0 Å². The number of fused-ring (bicyclic) bond motifs is 2. The highest BCUT2D eigenvalue weighted by Crippen LogP contribution is 2.81. The Balaban J connectivity index is 1.62. The third kappa shape index (κ3) is 3.35. The van der Waals surface area contributed by atoms with Crippen LogP contribution in [0.2, 0.25) is 0 Å². The molecule has 2 saturated carbocycles. The fraction of sp³-hybridized carbons (Fsp3) is 0.677. The van der Waals surface area contributed by atoms with Crippen molar-refractivity contribution in [1.29, 1.82) is 0 Å². The van der Waals surface area contributed by atoms with E-state index >= 15 is 0 Å². The average Bonchev–Trinajstić information content (AvgIpc) is 3.56. The number of carbonyl (C=O) groups is 4. The third-order valence-electron chi connectivity index (χ3n) is 11.3. The van der Waals surface area contributed by atoms with Crippen LogP contribution >= 0.6 is 0 Å². The van der Waals surface area contributed by atoms with Gasteiger partial charge in [0.25, 0.3) is 0 Å². The Morgan fingerprint density at radius 1 is 1.07 bits per heavy atom. The van der Waals surface area contributed by atoms with Crippen LogP contribution in [-0.4, -0.2) is 59.7 Å². The largest absolute Gasteiger partial charge is 0.472 e. The van der Waals surface area contributed by atoms with Crippen LogP contribution in [0.3, 0.4) is 0 Å². The molecule has 1 N–H and O–H groups in total. The van der Waals surface area contributed by atoms with E-state index in [1.54, 1.807) is 6.07 Å². The summed E-state index contributed by atoms with van der Waals surface area (Å²) in [7, 11) is 1.30. The van der Waals surface area contributed by atoms with Gasteiger partial charge < -0.3 is 33.2 Å². The first-order valence-electron chi connectivity index (χ1n) is 14.4. The van der Waals surface area contributed by atoms with Gasteiger partial charge in [-0.1, -0.05) is 27.7 Å². The predicted octanol–water partition coefficient (Wildman–Crippen LogP) is 3.40. The number of cyclic esters (lactones) is 1. The zero-order valence-corrected chi connectivity index (χ0v) is 24.9. The zero-order chi connectivity index (χ0) is 30.6. The predicted molar refractivity (Wildman–Crippen MR) is 142 cm³/mol. The van der Waals surface area contributed by atoms with Crippen molar-refractivity contribution in [2.24, 2.45) is 34.0 Å². The third-order valence-corrected chi connectivity index (χ3v) is 11.3. The quantitative estimate of drug-likeness (QED) is 0.400. The second kappa shape index (κ2) is 8.92. The molecular formula is C31H38O11. The molecule has 2 saturated heterocycles. The number of hydrogen-bond acceptors (Lipinski definition) is 11. The molecule has 4 fully saturated rings. The fourth-order valence-electron chi connectivity index (χ4n) is 9.79. The molecule has 0 aromatic carbocycles. The monoisotopic (exact) mass is 586 g/mol. The van der Waals surface area contributed by atoms with E-state index in [1.165, 1.54) is 39.6 Å². The van der Waals surface area contributed by atoms with Crippen molar-refractivity contribution >= 4 is 23.9 Å². The normalized spacial score (nSPS) is 44.3. The van der Waals surface area contributed by atoms with Gasteiger partial charge in [-0.2, -0.15) is 0 Å². The van der Waals surface area contributed by atoms with Gasteiger partial charge in [-0.3, -0.25) is 14.4 Å². The number of rotatable bonds is 5. The van der Waals surface area contributed by atoms with Crippen molar-refractivity contribution < 1.29 is 52.4 Å². The summed E-state index contributed by atoms with van der Waals surface area (Å²) in [4.78, 5) is 51.4. The van der Waals surface area contributed by atoms with Crippen LogP contribution in [0.1, 0.15) is 72.5 Å². The molecule has 3 aliphatic heterocycles.